The molecule has 0 aliphatic heterocycles. The molecule has 0 aliphatic carbocycles. The summed E-state index contributed by atoms with van der Waals surface area (Å²) in [7, 11) is -3.72. The van der Waals surface area contributed by atoms with Crippen molar-refractivity contribution in [3.05, 3.63) is 59.9 Å². The summed E-state index contributed by atoms with van der Waals surface area (Å²) >= 11 is 0. The van der Waals surface area contributed by atoms with Crippen molar-refractivity contribution in [2.45, 2.75) is 44.2 Å². The van der Waals surface area contributed by atoms with Gasteiger partial charge in [0.05, 0.1) is 4.90 Å². The molecule has 0 saturated heterocycles. The number of rotatable bonds is 6. The molecule has 0 saturated carbocycles. The highest BCUT2D eigenvalue weighted by atomic mass is 32.2. The van der Waals surface area contributed by atoms with E-state index in [1.54, 1.807) is 20.8 Å². The molecule has 0 radical (unpaired) electrons. The molecule has 2 aromatic rings. The van der Waals surface area contributed by atoms with Gasteiger partial charge in [-0.3, -0.25) is 20.4 Å². The molecular formula is C20H24FN3O5S. The van der Waals surface area contributed by atoms with Crippen molar-refractivity contribution in [2.24, 2.45) is 0 Å². The Morgan fingerprint density at radius 1 is 0.967 bits per heavy atom. The van der Waals surface area contributed by atoms with Crippen LogP contribution in [-0.4, -0.2) is 31.9 Å². The zero-order valence-corrected chi connectivity index (χ0v) is 17.8. The molecule has 1 atom stereocenters. The summed E-state index contributed by atoms with van der Waals surface area (Å²) in [6, 6.07) is 10.4. The number of sulfonamides is 1. The van der Waals surface area contributed by atoms with Crippen molar-refractivity contribution in [1.82, 2.24) is 15.6 Å². The van der Waals surface area contributed by atoms with Crippen molar-refractivity contribution in [3.63, 3.8) is 0 Å². The maximum absolute atomic E-state index is 12.9. The molecule has 2 rings (SSSR count). The summed E-state index contributed by atoms with van der Waals surface area (Å²) in [6.07, 6.45) is -0.952. The lowest BCUT2D eigenvalue weighted by molar-refractivity contribution is -0.128. The Bertz CT molecular complexity index is 1000. The number of hydrogen-bond donors (Lipinski definition) is 3. The largest absolute Gasteiger partial charge is 0.481 e. The van der Waals surface area contributed by atoms with Crippen LogP contribution in [-0.2, 0) is 14.8 Å². The van der Waals surface area contributed by atoms with Crippen LogP contribution in [0.15, 0.2) is 53.4 Å². The van der Waals surface area contributed by atoms with Gasteiger partial charge in [-0.2, -0.15) is 0 Å². The normalized spacial score (nSPS) is 12.7. The standard InChI is InChI=1S/C20H24FN3O5S/c1-13(29-16-9-7-15(21)8-10-16)18(25)22-23-19(26)14-5-11-17(12-6-14)30(27,28)24-20(2,3)4/h5-13,24H,1-4H3,(H,22,25)(H,23,26). The maximum atomic E-state index is 12.9. The van der Waals surface area contributed by atoms with Gasteiger partial charge in [0, 0.05) is 11.1 Å². The number of hydrazine groups is 1. The van der Waals surface area contributed by atoms with Crippen LogP contribution in [0.2, 0.25) is 0 Å². The van der Waals surface area contributed by atoms with Crippen LogP contribution in [0, 0.1) is 5.82 Å². The van der Waals surface area contributed by atoms with Crippen LogP contribution in [0.3, 0.4) is 0 Å². The molecule has 2 amide bonds. The third kappa shape index (κ3) is 6.82. The fourth-order valence-corrected chi connectivity index (χ4v) is 3.73. The summed E-state index contributed by atoms with van der Waals surface area (Å²) in [5.41, 5.74) is 3.95. The Balaban J connectivity index is 1.92. The van der Waals surface area contributed by atoms with Gasteiger partial charge in [-0.25, -0.2) is 17.5 Å². The van der Waals surface area contributed by atoms with Gasteiger partial charge in [0.1, 0.15) is 11.6 Å². The van der Waals surface area contributed by atoms with Gasteiger partial charge in [-0.05, 0) is 76.2 Å². The first-order valence-corrected chi connectivity index (χ1v) is 10.5. The van der Waals surface area contributed by atoms with Crippen molar-refractivity contribution in [2.75, 3.05) is 0 Å². The molecular weight excluding hydrogens is 413 g/mol. The minimum Gasteiger partial charge on any atom is -0.481 e. The second-order valence-electron chi connectivity index (χ2n) is 7.54. The van der Waals surface area contributed by atoms with E-state index in [1.807, 2.05) is 0 Å². The molecule has 0 spiro atoms. The van der Waals surface area contributed by atoms with E-state index >= 15 is 0 Å². The van der Waals surface area contributed by atoms with Gasteiger partial charge in [0.2, 0.25) is 10.0 Å². The van der Waals surface area contributed by atoms with Crippen LogP contribution in [0.4, 0.5) is 4.39 Å². The van der Waals surface area contributed by atoms with Gasteiger partial charge in [-0.1, -0.05) is 0 Å². The van der Waals surface area contributed by atoms with Gasteiger partial charge >= 0.3 is 0 Å². The minimum absolute atomic E-state index is 0.0133. The highest BCUT2D eigenvalue weighted by Crippen LogP contribution is 2.14. The predicted molar refractivity (Wildman–Crippen MR) is 109 cm³/mol. The molecule has 0 fully saturated rings. The van der Waals surface area contributed by atoms with E-state index in [0.717, 1.165) is 0 Å². The number of halogens is 1. The first-order chi connectivity index (χ1) is 13.9. The van der Waals surface area contributed by atoms with Crippen LogP contribution < -0.4 is 20.3 Å². The number of benzene rings is 2. The number of carbonyl (C=O) groups excluding carboxylic acids is 2. The second-order valence-corrected chi connectivity index (χ2v) is 9.22. The molecule has 3 N–H and O–H groups in total. The Morgan fingerprint density at radius 2 is 1.53 bits per heavy atom. The first kappa shape index (κ1) is 23.3. The highest BCUT2D eigenvalue weighted by Gasteiger charge is 2.22. The van der Waals surface area contributed by atoms with Gasteiger partial charge in [0.25, 0.3) is 11.8 Å². The van der Waals surface area contributed by atoms with Crippen molar-refractivity contribution < 1.29 is 27.1 Å². The number of hydrogen-bond acceptors (Lipinski definition) is 5. The zero-order chi connectivity index (χ0) is 22.5. The van der Waals surface area contributed by atoms with E-state index in [2.05, 4.69) is 15.6 Å². The Hall–Kier alpha value is -2.98. The van der Waals surface area contributed by atoms with Gasteiger partial charge < -0.3 is 4.74 Å². The second kappa shape index (κ2) is 9.23. The highest BCUT2D eigenvalue weighted by molar-refractivity contribution is 7.89. The topological polar surface area (TPSA) is 114 Å². The average Bonchev–Trinajstić information content (AvgIpc) is 2.65. The minimum atomic E-state index is -3.72. The van der Waals surface area contributed by atoms with E-state index in [-0.39, 0.29) is 10.5 Å². The molecule has 8 nitrogen and oxygen atoms in total. The molecule has 30 heavy (non-hydrogen) atoms. The van der Waals surface area contributed by atoms with Crippen LogP contribution in [0.1, 0.15) is 38.1 Å². The van der Waals surface area contributed by atoms with Crippen molar-refractivity contribution in [1.29, 1.82) is 0 Å². The van der Waals surface area contributed by atoms with E-state index in [1.165, 1.54) is 55.5 Å². The van der Waals surface area contributed by atoms with Gasteiger partial charge in [-0.15, -0.1) is 0 Å². The molecule has 0 aromatic heterocycles. The maximum Gasteiger partial charge on any atom is 0.279 e. The van der Waals surface area contributed by atoms with Crippen molar-refractivity contribution >= 4 is 21.8 Å². The Labute approximate surface area is 174 Å². The number of carbonyl (C=O) groups is 2. The van der Waals surface area contributed by atoms with Crippen LogP contribution >= 0.6 is 0 Å². The van der Waals surface area contributed by atoms with Gasteiger partial charge in [0.15, 0.2) is 6.10 Å². The summed E-state index contributed by atoms with van der Waals surface area (Å²) in [4.78, 5) is 24.3. The third-order valence-electron chi connectivity index (χ3n) is 3.66. The lowest BCUT2D eigenvalue weighted by Crippen LogP contribution is -2.47. The average molecular weight is 437 g/mol. The SMILES string of the molecule is CC(Oc1ccc(F)cc1)C(=O)NNC(=O)c1ccc(S(=O)(=O)NC(C)(C)C)cc1. The Morgan fingerprint density at radius 3 is 2.07 bits per heavy atom. The smallest absolute Gasteiger partial charge is 0.279 e. The summed E-state index contributed by atoms with van der Waals surface area (Å²) < 4.78 is 45.3. The summed E-state index contributed by atoms with van der Waals surface area (Å²) in [5.74, 6) is -1.39. The molecule has 10 heteroatoms. The molecule has 1 unspecified atom stereocenters. The lowest BCUT2D eigenvalue weighted by atomic mass is 10.1. The van der Waals surface area contributed by atoms with E-state index in [9.17, 15) is 22.4 Å². The molecule has 0 heterocycles. The van der Waals surface area contributed by atoms with Crippen LogP contribution in [0.25, 0.3) is 0 Å². The van der Waals surface area contributed by atoms with E-state index in [0.29, 0.717) is 5.75 Å². The number of nitrogens with one attached hydrogen (secondary N) is 3. The van der Waals surface area contributed by atoms with E-state index < -0.39 is 39.3 Å². The fraction of sp³-hybridized carbons (Fsp3) is 0.300. The molecule has 2 aromatic carbocycles. The predicted octanol–water partition coefficient (Wildman–Crippen LogP) is 2.13. The number of amides is 2. The molecule has 0 bridgehead atoms. The molecule has 162 valence electrons. The number of ether oxygens (including phenoxy) is 1. The van der Waals surface area contributed by atoms with E-state index in [4.69, 9.17) is 4.74 Å². The third-order valence-corrected chi connectivity index (χ3v) is 5.44. The summed E-state index contributed by atoms with van der Waals surface area (Å²) in [6.45, 7) is 6.62. The lowest BCUT2D eigenvalue weighted by Gasteiger charge is -2.20. The first-order valence-electron chi connectivity index (χ1n) is 9.04. The quantitative estimate of drug-likeness (QED) is 0.599. The zero-order valence-electron chi connectivity index (χ0n) is 17.0. The molecule has 0 aliphatic rings. The monoisotopic (exact) mass is 437 g/mol. The summed E-state index contributed by atoms with van der Waals surface area (Å²) in [5, 5.41) is 0. The Kier molecular flexibility index (Phi) is 7.16. The van der Waals surface area contributed by atoms with Crippen molar-refractivity contribution in [3.8, 4) is 5.75 Å². The van der Waals surface area contributed by atoms with Crippen LogP contribution in [0.5, 0.6) is 5.75 Å². The fourth-order valence-electron chi connectivity index (χ4n) is 2.31.